The molecule has 0 atom stereocenters. The molecule has 0 heterocycles. The predicted molar refractivity (Wildman–Crippen MR) is 31.4 cm³/mol. The number of rotatable bonds is 2. The zero-order chi connectivity index (χ0) is 6.57. The zero-order valence-corrected chi connectivity index (χ0v) is 5.39. The lowest BCUT2D eigenvalue weighted by Gasteiger charge is -1.93. The summed E-state index contributed by atoms with van der Waals surface area (Å²) in [5.41, 5.74) is 0. The lowest BCUT2D eigenvalue weighted by molar-refractivity contribution is -0.112. The van der Waals surface area contributed by atoms with Gasteiger partial charge in [0, 0.05) is 6.08 Å². The summed E-state index contributed by atoms with van der Waals surface area (Å²) in [6, 6.07) is 0. The van der Waals surface area contributed by atoms with Gasteiger partial charge in [-0.25, -0.2) is 0 Å². The highest BCUT2D eigenvalue weighted by atomic mass is 16.5. The first-order valence-corrected chi connectivity index (χ1v) is 2.39. The monoisotopic (exact) mass is 114 g/mol. The van der Waals surface area contributed by atoms with Crippen LogP contribution >= 0.6 is 0 Å². The van der Waals surface area contributed by atoms with Gasteiger partial charge in [-0.1, -0.05) is 0 Å². The van der Waals surface area contributed by atoms with Crippen LogP contribution in [0.4, 0.5) is 0 Å². The molecule has 0 bridgehead atoms. The Bertz CT molecular complexity index is 114. The Morgan fingerprint density at radius 3 is 2.12 bits per heavy atom. The summed E-state index contributed by atoms with van der Waals surface area (Å²) in [7, 11) is 1.54. The molecule has 0 amide bonds. The molecule has 0 aromatic carbocycles. The highest BCUT2D eigenvalue weighted by Crippen LogP contribution is 1.90. The SMILES string of the molecule is CO/C(C)=C/C(C)=O. The molecule has 2 nitrogen and oxygen atoms in total. The third kappa shape index (κ3) is 3.40. The van der Waals surface area contributed by atoms with Crippen LogP contribution in [-0.2, 0) is 9.53 Å². The van der Waals surface area contributed by atoms with E-state index >= 15 is 0 Å². The number of hydrogen-bond acceptors (Lipinski definition) is 2. The van der Waals surface area contributed by atoms with Crippen molar-refractivity contribution in [3.05, 3.63) is 11.8 Å². The largest absolute Gasteiger partial charge is 0.501 e. The normalized spacial score (nSPS) is 11.1. The van der Waals surface area contributed by atoms with Gasteiger partial charge in [-0.05, 0) is 13.8 Å². The van der Waals surface area contributed by atoms with Gasteiger partial charge in [-0.2, -0.15) is 0 Å². The molecule has 2 heteroatoms. The number of ether oxygens (including phenoxy) is 1. The van der Waals surface area contributed by atoms with E-state index in [2.05, 4.69) is 0 Å². The van der Waals surface area contributed by atoms with Crippen molar-refractivity contribution in [2.75, 3.05) is 7.11 Å². The van der Waals surface area contributed by atoms with E-state index < -0.39 is 0 Å². The van der Waals surface area contributed by atoms with E-state index in [1.165, 1.54) is 20.1 Å². The molecule has 0 aromatic heterocycles. The summed E-state index contributed by atoms with van der Waals surface area (Å²) in [6.45, 7) is 3.23. The van der Waals surface area contributed by atoms with Crippen molar-refractivity contribution < 1.29 is 9.53 Å². The minimum atomic E-state index is 0.0179. The van der Waals surface area contributed by atoms with Crippen LogP contribution in [-0.4, -0.2) is 12.9 Å². The van der Waals surface area contributed by atoms with Crippen LogP contribution in [0.5, 0.6) is 0 Å². The van der Waals surface area contributed by atoms with Crippen molar-refractivity contribution in [1.29, 1.82) is 0 Å². The average Bonchev–Trinajstić information content (AvgIpc) is 1.65. The quantitative estimate of drug-likeness (QED) is 0.397. The topological polar surface area (TPSA) is 26.3 Å². The zero-order valence-electron chi connectivity index (χ0n) is 5.39. The smallest absolute Gasteiger partial charge is 0.155 e. The fraction of sp³-hybridized carbons (Fsp3) is 0.500. The van der Waals surface area contributed by atoms with Crippen molar-refractivity contribution >= 4 is 5.78 Å². The highest BCUT2D eigenvalue weighted by molar-refractivity contribution is 5.87. The van der Waals surface area contributed by atoms with Crippen molar-refractivity contribution in [3.8, 4) is 0 Å². The van der Waals surface area contributed by atoms with Crippen molar-refractivity contribution in [1.82, 2.24) is 0 Å². The Labute approximate surface area is 49.1 Å². The van der Waals surface area contributed by atoms with Gasteiger partial charge in [-0.15, -0.1) is 0 Å². The second kappa shape index (κ2) is 3.24. The molecule has 0 unspecified atom stereocenters. The molecule has 0 aromatic rings. The van der Waals surface area contributed by atoms with Gasteiger partial charge in [0.2, 0.25) is 0 Å². The van der Waals surface area contributed by atoms with Gasteiger partial charge < -0.3 is 4.74 Å². The van der Waals surface area contributed by atoms with E-state index in [1.807, 2.05) is 0 Å². The standard InChI is InChI=1S/C6H10O2/c1-5(7)4-6(2)8-3/h4H,1-3H3/b6-4+. The van der Waals surface area contributed by atoms with Crippen LogP contribution in [0.2, 0.25) is 0 Å². The number of ketones is 1. The number of carbonyl (C=O) groups is 1. The molecule has 8 heavy (non-hydrogen) atoms. The van der Waals surface area contributed by atoms with Crippen LogP contribution in [0.1, 0.15) is 13.8 Å². The highest BCUT2D eigenvalue weighted by Gasteiger charge is 1.86. The fourth-order valence-electron chi connectivity index (χ4n) is 0.345. The van der Waals surface area contributed by atoms with Gasteiger partial charge in [-0.3, -0.25) is 4.79 Å². The third-order valence-corrected chi connectivity index (χ3v) is 0.729. The van der Waals surface area contributed by atoms with E-state index in [1.54, 1.807) is 6.92 Å². The maximum Gasteiger partial charge on any atom is 0.155 e. The van der Waals surface area contributed by atoms with Crippen molar-refractivity contribution in [2.45, 2.75) is 13.8 Å². The van der Waals surface area contributed by atoms with Gasteiger partial charge in [0.05, 0.1) is 12.9 Å². The Balaban J connectivity index is 3.75. The Morgan fingerprint density at radius 2 is 2.00 bits per heavy atom. The first kappa shape index (κ1) is 7.21. The maximum absolute atomic E-state index is 10.3. The van der Waals surface area contributed by atoms with Crippen LogP contribution in [0.25, 0.3) is 0 Å². The van der Waals surface area contributed by atoms with Gasteiger partial charge in [0.1, 0.15) is 0 Å². The molecule has 0 aliphatic rings. The van der Waals surface area contributed by atoms with Crippen molar-refractivity contribution in [2.24, 2.45) is 0 Å². The third-order valence-electron chi connectivity index (χ3n) is 0.729. The Hall–Kier alpha value is -0.790. The molecular weight excluding hydrogens is 104 g/mol. The van der Waals surface area contributed by atoms with E-state index in [9.17, 15) is 4.79 Å². The van der Waals surface area contributed by atoms with Crippen LogP contribution < -0.4 is 0 Å². The van der Waals surface area contributed by atoms with Gasteiger partial charge >= 0.3 is 0 Å². The molecule has 0 aliphatic heterocycles. The van der Waals surface area contributed by atoms with Crippen LogP contribution in [0, 0.1) is 0 Å². The van der Waals surface area contributed by atoms with Gasteiger partial charge in [0.15, 0.2) is 5.78 Å². The predicted octanol–water partition coefficient (Wildman–Crippen LogP) is 1.13. The summed E-state index contributed by atoms with van der Waals surface area (Å²) in [5, 5.41) is 0. The number of carbonyl (C=O) groups excluding carboxylic acids is 1. The average molecular weight is 114 g/mol. The maximum atomic E-state index is 10.3. The summed E-state index contributed by atoms with van der Waals surface area (Å²) in [6.07, 6.45) is 1.44. The molecule has 0 aliphatic carbocycles. The lowest BCUT2D eigenvalue weighted by atomic mass is 10.4. The summed E-state index contributed by atoms with van der Waals surface area (Å²) in [4.78, 5) is 10.3. The number of allylic oxidation sites excluding steroid dienone is 2. The minimum absolute atomic E-state index is 0.0179. The fourth-order valence-corrected chi connectivity index (χ4v) is 0.345. The first-order chi connectivity index (χ1) is 3.66. The second-order valence-corrected chi connectivity index (χ2v) is 1.57. The molecule has 0 saturated carbocycles. The summed E-state index contributed by atoms with van der Waals surface area (Å²) < 4.78 is 4.70. The Kier molecular flexibility index (Phi) is 2.92. The number of methoxy groups -OCH3 is 1. The minimum Gasteiger partial charge on any atom is -0.501 e. The van der Waals surface area contributed by atoms with E-state index in [-0.39, 0.29) is 5.78 Å². The molecule has 0 rings (SSSR count). The summed E-state index contributed by atoms with van der Waals surface area (Å²) in [5.74, 6) is 0.668. The van der Waals surface area contributed by atoms with E-state index in [0.29, 0.717) is 5.76 Å². The van der Waals surface area contributed by atoms with Crippen LogP contribution in [0.15, 0.2) is 11.8 Å². The Morgan fingerprint density at radius 1 is 1.50 bits per heavy atom. The molecule has 0 N–H and O–H groups in total. The van der Waals surface area contributed by atoms with Crippen LogP contribution in [0.3, 0.4) is 0 Å². The van der Waals surface area contributed by atoms with E-state index in [4.69, 9.17) is 4.74 Å². The van der Waals surface area contributed by atoms with Gasteiger partial charge in [0.25, 0.3) is 0 Å². The molecule has 0 spiro atoms. The molecule has 0 saturated heterocycles. The molecule has 0 radical (unpaired) electrons. The lowest BCUT2D eigenvalue weighted by Crippen LogP contribution is -1.86. The first-order valence-electron chi connectivity index (χ1n) is 2.39. The number of hydrogen-bond donors (Lipinski definition) is 0. The molecular formula is C6H10O2. The second-order valence-electron chi connectivity index (χ2n) is 1.57. The van der Waals surface area contributed by atoms with E-state index in [0.717, 1.165) is 0 Å². The van der Waals surface area contributed by atoms with Crippen molar-refractivity contribution in [3.63, 3.8) is 0 Å². The summed E-state index contributed by atoms with van der Waals surface area (Å²) >= 11 is 0. The molecule has 0 fully saturated rings. The molecule has 46 valence electrons.